The molecule has 0 spiro atoms. The maximum atomic E-state index is 13.6. The lowest BCUT2D eigenvalue weighted by atomic mass is 9.92. The second-order valence-electron chi connectivity index (χ2n) is 5.90. The molecule has 124 valence electrons. The van der Waals surface area contributed by atoms with E-state index in [2.05, 4.69) is 0 Å². The highest BCUT2D eigenvalue weighted by molar-refractivity contribution is 7.86. The van der Waals surface area contributed by atoms with E-state index < -0.39 is 21.8 Å². The zero-order chi connectivity index (χ0) is 16.3. The lowest BCUT2D eigenvalue weighted by molar-refractivity contribution is 0.245. The van der Waals surface area contributed by atoms with E-state index >= 15 is 0 Å². The van der Waals surface area contributed by atoms with Gasteiger partial charge in [0.2, 0.25) is 0 Å². The van der Waals surface area contributed by atoms with Crippen LogP contribution in [0.15, 0.2) is 18.2 Å². The minimum atomic E-state index is -3.41. The number of halogens is 2. The summed E-state index contributed by atoms with van der Waals surface area (Å²) in [6.45, 7) is 0.918. The van der Waals surface area contributed by atoms with Crippen LogP contribution in [0.25, 0.3) is 0 Å². The molecule has 22 heavy (non-hydrogen) atoms. The summed E-state index contributed by atoms with van der Waals surface area (Å²) in [5, 5.41) is 0. The van der Waals surface area contributed by atoms with Gasteiger partial charge >= 0.3 is 0 Å². The van der Waals surface area contributed by atoms with Crippen molar-refractivity contribution in [3.8, 4) is 0 Å². The fraction of sp³-hybridized carbons (Fsp3) is 0.600. The molecule has 1 fully saturated rings. The van der Waals surface area contributed by atoms with Crippen LogP contribution in [-0.2, 0) is 16.6 Å². The highest BCUT2D eigenvalue weighted by Gasteiger charge is 2.30. The minimum Gasteiger partial charge on any atom is -0.207 e. The number of piperidine rings is 1. The average molecular weight is 332 g/mol. The van der Waals surface area contributed by atoms with Crippen LogP contribution < -0.4 is 0 Å². The van der Waals surface area contributed by atoms with Crippen molar-refractivity contribution in [2.24, 2.45) is 5.92 Å². The topological polar surface area (TPSA) is 40.6 Å². The third-order valence-corrected chi connectivity index (χ3v) is 6.04. The van der Waals surface area contributed by atoms with Crippen LogP contribution in [-0.4, -0.2) is 44.2 Å². The van der Waals surface area contributed by atoms with E-state index in [9.17, 15) is 17.2 Å². The van der Waals surface area contributed by atoms with Crippen molar-refractivity contribution in [1.82, 2.24) is 8.61 Å². The van der Waals surface area contributed by atoms with Gasteiger partial charge in [0, 0.05) is 32.7 Å². The maximum Gasteiger partial charge on any atom is 0.281 e. The first kappa shape index (κ1) is 17.3. The predicted octanol–water partition coefficient (Wildman–Crippen LogP) is 2.42. The van der Waals surface area contributed by atoms with Gasteiger partial charge in [-0.2, -0.15) is 17.0 Å². The molecule has 0 unspecified atom stereocenters. The van der Waals surface area contributed by atoms with E-state index in [1.54, 1.807) is 0 Å². The van der Waals surface area contributed by atoms with Gasteiger partial charge in [0.05, 0.1) is 0 Å². The molecule has 1 aliphatic heterocycles. The van der Waals surface area contributed by atoms with E-state index in [4.69, 9.17) is 0 Å². The van der Waals surface area contributed by atoms with Crippen LogP contribution in [0.1, 0.15) is 24.8 Å². The molecule has 1 aromatic carbocycles. The lowest BCUT2D eigenvalue weighted by Gasteiger charge is -2.33. The molecule has 1 atom stereocenters. The number of nitrogens with zero attached hydrogens (tertiary/aromatic N) is 2. The van der Waals surface area contributed by atoms with Gasteiger partial charge in [-0.15, -0.1) is 0 Å². The van der Waals surface area contributed by atoms with Gasteiger partial charge in [-0.25, -0.2) is 8.78 Å². The van der Waals surface area contributed by atoms with Crippen molar-refractivity contribution in [3.63, 3.8) is 0 Å². The van der Waals surface area contributed by atoms with Gasteiger partial charge < -0.3 is 0 Å². The van der Waals surface area contributed by atoms with Crippen LogP contribution in [0.5, 0.6) is 0 Å². The van der Waals surface area contributed by atoms with Crippen molar-refractivity contribution < 1.29 is 17.2 Å². The molecular formula is C15H22F2N2O2S. The summed E-state index contributed by atoms with van der Waals surface area (Å²) < 4.78 is 54.2. The average Bonchev–Trinajstić information content (AvgIpc) is 2.47. The summed E-state index contributed by atoms with van der Waals surface area (Å²) in [4.78, 5) is 0. The Labute approximate surface area is 130 Å². The monoisotopic (exact) mass is 332 g/mol. The maximum absolute atomic E-state index is 13.6. The number of benzene rings is 1. The Morgan fingerprint density at radius 3 is 2.50 bits per heavy atom. The van der Waals surface area contributed by atoms with Gasteiger partial charge in [0.15, 0.2) is 0 Å². The highest BCUT2D eigenvalue weighted by atomic mass is 32.2. The van der Waals surface area contributed by atoms with Crippen LogP contribution in [0.4, 0.5) is 8.78 Å². The van der Waals surface area contributed by atoms with E-state index in [1.165, 1.54) is 40.9 Å². The Morgan fingerprint density at radius 2 is 1.91 bits per heavy atom. The van der Waals surface area contributed by atoms with Gasteiger partial charge in [0.25, 0.3) is 10.2 Å². The molecule has 1 saturated heterocycles. The van der Waals surface area contributed by atoms with Gasteiger partial charge in [-0.05, 0) is 43.7 Å². The molecule has 1 aromatic rings. The van der Waals surface area contributed by atoms with Crippen molar-refractivity contribution in [2.45, 2.75) is 25.7 Å². The van der Waals surface area contributed by atoms with Crippen molar-refractivity contribution in [2.75, 3.05) is 27.2 Å². The van der Waals surface area contributed by atoms with Crippen molar-refractivity contribution in [3.05, 3.63) is 35.4 Å². The van der Waals surface area contributed by atoms with Crippen molar-refractivity contribution >= 4 is 10.2 Å². The SMILES string of the molecule is CN(C)S(=O)(=O)N1CCC[C@H](CCc2c(F)cccc2F)C1. The highest BCUT2D eigenvalue weighted by Crippen LogP contribution is 2.25. The molecule has 0 aliphatic carbocycles. The molecule has 0 radical (unpaired) electrons. The fourth-order valence-corrected chi connectivity index (χ4v) is 4.04. The van der Waals surface area contributed by atoms with Gasteiger partial charge in [-0.3, -0.25) is 0 Å². The van der Waals surface area contributed by atoms with Crippen LogP contribution in [0.2, 0.25) is 0 Å². The first-order chi connectivity index (χ1) is 10.3. The van der Waals surface area contributed by atoms with Crippen LogP contribution in [0, 0.1) is 17.6 Å². The summed E-state index contributed by atoms with van der Waals surface area (Å²) in [6.07, 6.45) is 2.53. The second kappa shape index (κ2) is 7.02. The summed E-state index contributed by atoms with van der Waals surface area (Å²) in [5.74, 6) is -0.940. The molecule has 4 nitrogen and oxygen atoms in total. The quantitative estimate of drug-likeness (QED) is 0.831. The van der Waals surface area contributed by atoms with Crippen molar-refractivity contribution in [1.29, 1.82) is 0 Å². The van der Waals surface area contributed by atoms with Crippen LogP contribution >= 0.6 is 0 Å². The van der Waals surface area contributed by atoms with E-state index in [1.807, 2.05) is 0 Å². The Kier molecular flexibility index (Phi) is 5.52. The zero-order valence-electron chi connectivity index (χ0n) is 12.9. The first-order valence-corrected chi connectivity index (χ1v) is 8.82. The number of hydrogen-bond acceptors (Lipinski definition) is 2. The normalized spacial score (nSPS) is 20.5. The summed E-state index contributed by atoms with van der Waals surface area (Å²) >= 11 is 0. The smallest absolute Gasteiger partial charge is 0.207 e. The Morgan fingerprint density at radius 1 is 1.27 bits per heavy atom. The standard InChI is InChI=1S/C15H22F2N2O2S/c1-18(2)22(20,21)19-10-4-5-12(11-19)8-9-13-14(16)6-3-7-15(13)17/h3,6-7,12H,4-5,8-11H2,1-2H3/t12-/m1/s1. The zero-order valence-corrected chi connectivity index (χ0v) is 13.7. The second-order valence-corrected chi connectivity index (χ2v) is 8.04. The molecule has 1 aliphatic rings. The molecule has 0 aromatic heterocycles. The van der Waals surface area contributed by atoms with Crippen LogP contribution in [0.3, 0.4) is 0 Å². The lowest BCUT2D eigenvalue weighted by Crippen LogP contribution is -2.45. The Bertz CT molecular complexity index is 600. The number of hydrogen-bond donors (Lipinski definition) is 0. The van der Waals surface area contributed by atoms with E-state index in [-0.39, 0.29) is 11.5 Å². The van der Waals surface area contributed by atoms with Gasteiger partial charge in [-0.1, -0.05) is 6.07 Å². The van der Waals surface area contributed by atoms with E-state index in [0.29, 0.717) is 25.9 Å². The molecule has 0 N–H and O–H groups in total. The first-order valence-electron chi connectivity index (χ1n) is 7.43. The Balaban J connectivity index is 2.00. The molecular weight excluding hydrogens is 310 g/mol. The van der Waals surface area contributed by atoms with Gasteiger partial charge in [0.1, 0.15) is 11.6 Å². The molecule has 2 rings (SSSR count). The minimum absolute atomic E-state index is 0.0927. The van der Waals surface area contributed by atoms with E-state index in [0.717, 1.165) is 12.8 Å². The molecule has 7 heteroatoms. The molecule has 0 saturated carbocycles. The third-order valence-electron chi connectivity index (χ3n) is 4.13. The Hall–Kier alpha value is -1.05. The summed E-state index contributed by atoms with van der Waals surface area (Å²) in [6, 6.07) is 3.85. The predicted molar refractivity (Wildman–Crippen MR) is 81.6 cm³/mol. The molecule has 1 heterocycles. The number of rotatable bonds is 5. The largest absolute Gasteiger partial charge is 0.281 e. The molecule has 0 amide bonds. The fourth-order valence-electron chi connectivity index (χ4n) is 2.82. The summed E-state index contributed by atoms with van der Waals surface area (Å²) in [7, 11) is -0.398. The molecule has 0 bridgehead atoms. The third kappa shape index (κ3) is 3.83. The summed E-state index contributed by atoms with van der Waals surface area (Å²) in [5.41, 5.74) is 0.0927.